The molecule has 4 aromatic heterocycles. The largest absolute Gasteiger partial charge is 0.408 e. The summed E-state index contributed by atoms with van der Waals surface area (Å²) >= 11 is 0. The summed E-state index contributed by atoms with van der Waals surface area (Å²) in [4.78, 5) is 8.74. The van der Waals surface area contributed by atoms with Crippen molar-refractivity contribution in [3.63, 3.8) is 0 Å². The predicted octanol–water partition coefficient (Wildman–Crippen LogP) is 2.98. The van der Waals surface area contributed by atoms with Crippen LogP contribution in [-0.2, 0) is 19.0 Å². The number of halogens is 3. The van der Waals surface area contributed by atoms with Crippen molar-refractivity contribution in [2.45, 2.75) is 32.0 Å². The maximum absolute atomic E-state index is 13.3. The van der Waals surface area contributed by atoms with Gasteiger partial charge in [0.25, 0.3) is 0 Å². The Balaban J connectivity index is 2.12. The number of alkyl halides is 3. The molecular weight excluding hydrogens is 399 g/mol. The fraction of sp³-hybridized carbons (Fsp3) is 0.333. The fourth-order valence-electron chi connectivity index (χ4n) is 3.22. The third-order valence-corrected chi connectivity index (χ3v) is 4.67. The number of hydrogen-bond donors (Lipinski definition) is 1. The van der Waals surface area contributed by atoms with Crippen molar-refractivity contribution in [2.24, 2.45) is 7.05 Å². The van der Waals surface area contributed by atoms with Gasteiger partial charge in [-0.2, -0.15) is 33.7 Å². The second-order valence-corrected chi connectivity index (χ2v) is 7.29. The first kappa shape index (κ1) is 19.6. The number of aromatic amines is 1. The average Bonchev–Trinajstić information content (AvgIpc) is 3.40. The summed E-state index contributed by atoms with van der Waals surface area (Å²) in [6.45, 7) is 1.93. The number of hydrogen-bond acceptors (Lipinski definition) is 6. The molecule has 154 valence electrons. The molecular formula is C18H16F3N9. The molecule has 0 amide bonds. The van der Waals surface area contributed by atoms with Gasteiger partial charge in [0.05, 0.1) is 22.7 Å². The molecule has 9 nitrogen and oxygen atoms in total. The van der Waals surface area contributed by atoms with Crippen LogP contribution in [0.5, 0.6) is 0 Å². The molecule has 0 saturated carbocycles. The molecule has 0 aliphatic carbocycles. The molecule has 0 aliphatic heterocycles. The molecule has 0 radical (unpaired) electrons. The van der Waals surface area contributed by atoms with Crippen LogP contribution in [0.2, 0.25) is 0 Å². The van der Waals surface area contributed by atoms with Crippen molar-refractivity contribution in [1.29, 1.82) is 5.26 Å². The summed E-state index contributed by atoms with van der Waals surface area (Å²) in [5.41, 5.74) is 0.554. The lowest BCUT2D eigenvalue weighted by Crippen LogP contribution is -2.22. The highest BCUT2D eigenvalue weighted by atomic mass is 19.4. The van der Waals surface area contributed by atoms with Crippen LogP contribution >= 0.6 is 0 Å². The Kier molecular flexibility index (Phi) is 4.34. The van der Waals surface area contributed by atoms with Crippen LogP contribution in [-0.4, -0.2) is 45.9 Å². The zero-order chi connectivity index (χ0) is 21.7. The second-order valence-electron chi connectivity index (χ2n) is 7.29. The highest BCUT2D eigenvalue weighted by Crippen LogP contribution is 2.37. The molecule has 0 aliphatic rings. The van der Waals surface area contributed by atoms with E-state index in [2.05, 4.69) is 36.4 Å². The summed E-state index contributed by atoms with van der Waals surface area (Å²) in [6, 6.07) is 5.32. The van der Waals surface area contributed by atoms with Crippen LogP contribution in [0.25, 0.3) is 33.9 Å². The maximum Gasteiger partial charge on any atom is 0.408 e. The topological polar surface area (TPSA) is 114 Å². The van der Waals surface area contributed by atoms with Crippen LogP contribution in [0, 0.1) is 11.3 Å². The summed E-state index contributed by atoms with van der Waals surface area (Å²) < 4.78 is 42.2. The third kappa shape index (κ3) is 3.28. The monoisotopic (exact) mass is 415 g/mol. The van der Waals surface area contributed by atoms with Crippen molar-refractivity contribution in [1.82, 2.24) is 39.7 Å². The number of rotatable bonds is 4. The molecule has 4 aromatic rings. The number of H-pyrrole nitrogens is 1. The van der Waals surface area contributed by atoms with E-state index >= 15 is 0 Å². The lowest BCUT2D eigenvalue weighted by atomic mass is 9.85. The van der Waals surface area contributed by atoms with Crippen LogP contribution in [0.4, 0.5) is 13.2 Å². The van der Waals surface area contributed by atoms with E-state index in [9.17, 15) is 18.4 Å². The molecule has 4 heterocycles. The van der Waals surface area contributed by atoms with Crippen LogP contribution < -0.4 is 0 Å². The van der Waals surface area contributed by atoms with E-state index in [4.69, 9.17) is 0 Å². The average molecular weight is 415 g/mol. The van der Waals surface area contributed by atoms with Crippen LogP contribution in [0.1, 0.15) is 19.4 Å². The Hall–Kier alpha value is -3.75. The van der Waals surface area contributed by atoms with Crippen molar-refractivity contribution < 1.29 is 13.2 Å². The first-order chi connectivity index (χ1) is 14.1. The van der Waals surface area contributed by atoms with Crippen LogP contribution in [0.15, 0.2) is 24.7 Å². The summed E-state index contributed by atoms with van der Waals surface area (Å²) in [7, 11) is 1.67. The zero-order valence-electron chi connectivity index (χ0n) is 16.2. The van der Waals surface area contributed by atoms with Gasteiger partial charge in [0.1, 0.15) is 29.8 Å². The van der Waals surface area contributed by atoms with E-state index in [1.807, 2.05) is 0 Å². The van der Waals surface area contributed by atoms with E-state index in [0.29, 0.717) is 22.8 Å². The summed E-state index contributed by atoms with van der Waals surface area (Å²) in [6.07, 6.45) is -1.70. The predicted molar refractivity (Wildman–Crippen MR) is 99.8 cm³/mol. The maximum atomic E-state index is 13.3. The van der Waals surface area contributed by atoms with Gasteiger partial charge in [-0.05, 0) is 26.0 Å². The van der Waals surface area contributed by atoms with Gasteiger partial charge in [-0.25, -0.2) is 14.6 Å². The third-order valence-electron chi connectivity index (χ3n) is 4.67. The van der Waals surface area contributed by atoms with Gasteiger partial charge < -0.3 is 0 Å². The van der Waals surface area contributed by atoms with Crippen molar-refractivity contribution in [3.8, 4) is 29.0 Å². The van der Waals surface area contributed by atoms with Gasteiger partial charge in [-0.3, -0.25) is 9.78 Å². The molecule has 30 heavy (non-hydrogen) atoms. The molecule has 1 N–H and O–H groups in total. The van der Waals surface area contributed by atoms with E-state index in [1.165, 1.54) is 17.2 Å². The van der Waals surface area contributed by atoms with Gasteiger partial charge in [0.2, 0.25) is 0 Å². The molecule has 4 rings (SSSR count). The molecule has 0 saturated heterocycles. The van der Waals surface area contributed by atoms with Gasteiger partial charge in [0, 0.05) is 18.8 Å². The van der Waals surface area contributed by atoms with E-state index in [1.54, 1.807) is 33.0 Å². The minimum absolute atomic E-state index is 0.134. The Morgan fingerprint density at radius 1 is 1.27 bits per heavy atom. The van der Waals surface area contributed by atoms with Crippen molar-refractivity contribution >= 4 is 11.0 Å². The van der Waals surface area contributed by atoms with E-state index < -0.39 is 18.1 Å². The number of nitrogens with one attached hydrogen (secondary N) is 1. The number of aromatic nitrogens is 8. The Bertz CT molecular complexity index is 1260. The van der Waals surface area contributed by atoms with Crippen molar-refractivity contribution in [3.05, 3.63) is 30.2 Å². The van der Waals surface area contributed by atoms with Crippen LogP contribution in [0.3, 0.4) is 0 Å². The van der Waals surface area contributed by atoms with Gasteiger partial charge in [0.15, 0.2) is 5.82 Å². The number of pyridine rings is 1. The SMILES string of the molecule is Cn1ncnc1-c1cc(C(C)(C)C#N)c2c(n1)c(-c1ccn[nH]1)nn2CC(F)(F)F. The molecule has 0 atom stereocenters. The van der Waals surface area contributed by atoms with E-state index in [0.717, 1.165) is 4.68 Å². The van der Waals surface area contributed by atoms with Gasteiger partial charge in [-0.15, -0.1) is 0 Å². The Labute approximate surface area is 168 Å². The quantitative estimate of drug-likeness (QED) is 0.548. The number of nitriles is 1. The molecule has 0 aromatic carbocycles. The molecule has 0 unspecified atom stereocenters. The number of nitrogens with zero attached hydrogens (tertiary/aromatic N) is 8. The molecule has 12 heteroatoms. The summed E-state index contributed by atoms with van der Waals surface area (Å²) in [5.74, 6) is 0.408. The molecule has 0 spiro atoms. The first-order valence-electron chi connectivity index (χ1n) is 8.85. The number of aryl methyl sites for hydroxylation is 1. The zero-order valence-corrected chi connectivity index (χ0v) is 16.2. The molecule has 0 fully saturated rings. The van der Waals surface area contributed by atoms with Gasteiger partial charge >= 0.3 is 6.18 Å². The fourth-order valence-corrected chi connectivity index (χ4v) is 3.22. The standard InChI is InChI=1S/C18H16F3N9/c1-17(2,7-22)10-6-12(16-23-9-25-29(16)3)26-14-13(11-4-5-24-27-11)28-30(15(10)14)8-18(19,20)21/h4-6,9H,8H2,1-3H3,(H,24,27). The van der Waals surface area contributed by atoms with Gasteiger partial charge in [-0.1, -0.05) is 0 Å². The Morgan fingerprint density at radius 3 is 2.60 bits per heavy atom. The minimum atomic E-state index is -4.51. The Morgan fingerprint density at radius 2 is 2.03 bits per heavy atom. The summed E-state index contributed by atoms with van der Waals surface area (Å²) in [5, 5.41) is 24.5. The highest BCUT2D eigenvalue weighted by Gasteiger charge is 2.34. The lowest BCUT2D eigenvalue weighted by Gasteiger charge is -2.19. The second kappa shape index (κ2) is 6.65. The molecule has 0 bridgehead atoms. The first-order valence-corrected chi connectivity index (χ1v) is 8.85. The van der Waals surface area contributed by atoms with E-state index in [-0.39, 0.29) is 16.7 Å². The van der Waals surface area contributed by atoms with Crippen molar-refractivity contribution in [2.75, 3.05) is 0 Å². The normalized spacial score (nSPS) is 12.4. The lowest BCUT2D eigenvalue weighted by molar-refractivity contribution is -0.141. The minimum Gasteiger partial charge on any atom is -0.276 e. The smallest absolute Gasteiger partial charge is 0.276 e. The highest BCUT2D eigenvalue weighted by molar-refractivity contribution is 5.93. The number of fused-ring (bicyclic) bond motifs is 1.